The number of aliphatic hydroxyl groups is 1. The van der Waals surface area contributed by atoms with E-state index in [0.29, 0.717) is 6.04 Å². The number of aliphatic hydroxyl groups excluding tert-OH is 1. The Hall–Kier alpha value is -1.84. The second-order valence-electron chi connectivity index (χ2n) is 6.23. The Morgan fingerprint density at radius 1 is 1.04 bits per heavy atom. The van der Waals surface area contributed by atoms with Crippen molar-refractivity contribution in [2.45, 2.75) is 32.4 Å². The molecule has 0 bridgehead atoms. The van der Waals surface area contributed by atoms with Crippen LogP contribution >= 0.6 is 0 Å². The van der Waals surface area contributed by atoms with E-state index in [0.717, 1.165) is 16.9 Å². The lowest BCUT2D eigenvalue weighted by Crippen LogP contribution is -2.23. The van der Waals surface area contributed by atoms with Crippen LogP contribution in [0.4, 0.5) is 0 Å². The molecule has 0 amide bonds. The van der Waals surface area contributed by atoms with Gasteiger partial charge in [-0.3, -0.25) is 4.90 Å². The molecule has 3 heteroatoms. The van der Waals surface area contributed by atoms with Gasteiger partial charge in [-0.1, -0.05) is 30.3 Å². The zero-order valence-electron chi connectivity index (χ0n) is 14.0. The number of rotatable bonds is 5. The van der Waals surface area contributed by atoms with Crippen LogP contribution in [0, 0.1) is 0 Å². The summed E-state index contributed by atoms with van der Waals surface area (Å²) >= 11 is 0. The van der Waals surface area contributed by atoms with Gasteiger partial charge in [0.25, 0.3) is 0 Å². The third kappa shape index (κ3) is 3.41. The van der Waals surface area contributed by atoms with Crippen LogP contribution in [-0.4, -0.2) is 30.2 Å². The van der Waals surface area contributed by atoms with Crippen LogP contribution in [0.1, 0.15) is 36.9 Å². The Bertz CT molecular complexity index is 645. The van der Waals surface area contributed by atoms with Crippen LogP contribution in [0.25, 0.3) is 11.1 Å². The molecular formula is C20H25NO2. The average Bonchev–Trinajstić information content (AvgIpc) is 3.15. The number of benzene rings is 2. The molecule has 122 valence electrons. The molecule has 3 nitrogen and oxygen atoms in total. The number of nitrogens with zero attached hydrogens (tertiary/aromatic N) is 1. The number of hydrogen-bond acceptors (Lipinski definition) is 3. The molecule has 0 radical (unpaired) electrons. The van der Waals surface area contributed by atoms with Crippen LogP contribution in [0.15, 0.2) is 42.5 Å². The maximum Gasteiger partial charge on any atom is 0.124 e. The van der Waals surface area contributed by atoms with Crippen LogP contribution < -0.4 is 4.74 Å². The first kappa shape index (κ1) is 16.0. The van der Waals surface area contributed by atoms with E-state index in [-0.39, 0.29) is 6.61 Å². The van der Waals surface area contributed by atoms with Crippen LogP contribution in [0.2, 0.25) is 0 Å². The second-order valence-corrected chi connectivity index (χ2v) is 6.23. The van der Waals surface area contributed by atoms with Crippen LogP contribution in [0.3, 0.4) is 0 Å². The standard InChI is InChI=1S/C20H25NO2/c1-15(21-11-3-4-12-21)16-5-7-17(8-6-16)18-9-10-20(23-2)19(13-18)14-22/h5-10,13,15,22H,3-4,11-12,14H2,1-2H3/t15-/m1/s1. The van der Waals surface area contributed by atoms with E-state index in [2.05, 4.69) is 36.1 Å². The lowest BCUT2D eigenvalue weighted by Gasteiger charge is -2.24. The molecule has 2 aromatic rings. The summed E-state index contributed by atoms with van der Waals surface area (Å²) in [4.78, 5) is 2.55. The van der Waals surface area contributed by atoms with Gasteiger partial charge in [0.2, 0.25) is 0 Å². The Labute approximate surface area is 138 Å². The maximum atomic E-state index is 9.47. The Morgan fingerprint density at radius 3 is 2.30 bits per heavy atom. The summed E-state index contributed by atoms with van der Waals surface area (Å²) in [6.45, 7) is 4.70. The number of ether oxygens (including phenoxy) is 1. The Balaban J connectivity index is 1.81. The van der Waals surface area contributed by atoms with Crippen molar-refractivity contribution < 1.29 is 9.84 Å². The zero-order chi connectivity index (χ0) is 16.2. The smallest absolute Gasteiger partial charge is 0.124 e. The van der Waals surface area contributed by atoms with Crippen molar-refractivity contribution >= 4 is 0 Å². The first-order chi connectivity index (χ1) is 11.2. The molecular weight excluding hydrogens is 286 g/mol. The minimum atomic E-state index is -0.0128. The summed E-state index contributed by atoms with van der Waals surface area (Å²) in [5, 5.41) is 9.47. The molecule has 2 aromatic carbocycles. The summed E-state index contributed by atoms with van der Waals surface area (Å²) in [5.74, 6) is 0.732. The van der Waals surface area contributed by atoms with E-state index in [1.54, 1.807) is 7.11 Å². The predicted molar refractivity (Wildman–Crippen MR) is 93.6 cm³/mol. The highest BCUT2D eigenvalue weighted by atomic mass is 16.5. The monoisotopic (exact) mass is 311 g/mol. The molecule has 1 saturated heterocycles. The summed E-state index contributed by atoms with van der Waals surface area (Å²) in [6.07, 6.45) is 2.64. The largest absolute Gasteiger partial charge is 0.496 e. The summed E-state index contributed by atoms with van der Waals surface area (Å²) in [7, 11) is 1.63. The maximum absolute atomic E-state index is 9.47. The number of methoxy groups -OCH3 is 1. The van der Waals surface area contributed by atoms with E-state index < -0.39 is 0 Å². The van der Waals surface area contributed by atoms with E-state index in [4.69, 9.17) is 4.74 Å². The van der Waals surface area contributed by atoms with Crippen molar-refractivity contribution in [3.63, 3.8) is 0 Å². The highest BCUT2D eigenvalue weighted by Gasteiger charge is 2.19. The molecule has 0 aliphatic carbocycles. The molecule has 3 rings (SSSR count). The van der Waals surface area contributed by atoms with Gasteiger partial charge in [0.1, 0.15) is 5.75 Å². The van der Waals surface area contributed by atoms with Crippen molar-refractivity contribution in [2.75, 3.05) is 20.2 Å². The minimum Gasteiger partial charge on any atom is -0.496 e. The minimum absolute atomic E-state index is 0.0128. The number of hydrogen-bond donors (Lipinski definition) is 1. The van der Waals surface area contributed by atoms with Gasteiger partial charge in [-0.2, -0.15) is 0 Å². The third-order valence-electron chi connectivity index (χ3n) is 4.87. The molecule has 0 spiro atoms. The first-order valence-electron chi connectivity index (χ1n) is 8.35. The first-order valence-corrected chi connectivity index (χ1v) is 8.35. The van der Waals surface area contributed by atoms with Gasteiger partial charge in [0.15, 0.2) is 0 Å². The molecule has 23 heavy (non-hydrogen) atoms. The van der Waals surface area contributed by atoms with E-state index >= 15 is 0 Å². The molecule has 1 aliphatic rings. The highest BCUT2D eigenvalue weighted by Crippen LogP contribution is 2.29. The molecule has 0 aromatic heterocycles. The van der Waals surface area contributed by atoms with E-state index in [9.17, 15) is 5.11 Å². The molecule has 1 N–H and O–H groups in total. The molecule has 1 atom stereocenters. The van der Waals surface area contributed by atoms with Crippen molar-refractivity contribution in [3.05, 3.63) is 53.6 Å². The molecule has 1 aliphatic heterocycles. The number of likely N-dealkylation sites (tertiary alicyclic amines) is 1. The van der Waals surface area contributed by atoms with Crippen molar-refractivity contribution in [1.29, 1.82) is 0 Å². The van der Waals surface area contributed by atoms with E-state index in [1.165, 1.54) is 37.1 Å². The fourth-order valence-electron chi connectivity index (χ4n) is 3.38. The van der Waals surface area contributed by atoms with Gasteiger partial charge in [-0.05, 0) is 61.7 Å². The van der Waals surface area contributed by atoms with Gasteiger partial charge >= 0.3 is 0 Å². The molecule has 0 saturated carbocycles. The Morgan fingerprint density at radius 2 is 1.70 bits per heavy atom. The van der Waals surface area contributed by atoms with Gasteiger partial charge in [0, 0.05) is 11.6 Å². The van der Waals surface area contributed by atoms with E-state index in [1.807, 2.05) is 18.2 Å². The van der Waals surface area contributed by atoms with Crippen molar-refractivity contribution in [3.8, 4) is 16.9 Å². The highest BCUT2D eigenvalue weighted by molar-refractivity contribution is 5.66. The SMILES string of the molecule is COc1ccc(-c2ccc([C@@H](C)N3CCCC3)cc2)cc1CO. The fraction of sp³-hybridized carbons (Fsp3) is 0.400. The second kappa shape index (κ2) is 7.16. The summed E-state index contributed by atoms with van der Waals surface area (Å²) in [5.41, 5.74) is 4.46. The van der Waals surface area contributed by atoms with Gasteiger partial charge in [-0.15, -0.1) is 0 Å². The lowest BCUT2D eigenvalue weighted by molar-refractivity contribution is 0.263. The van der Waals surface area contributed by atoms with Crippen molar-refractivity contribution in [2.24, 2.45) is 0 Å². The summed E-state index contributed by atoms with van der Waals surface area (Å²) < 4.78 is 5.27. The summed E-state index contributed by atoms with van der Waals surface area (Å²) in [6, 6.07) is 15.2. The normalized spacial score (nSPS) is 16.5. The van der Waals surface area contributed by atoms with Crippen LogP contribution in [0.5, 0.6) is 5.75 Å². The average molecular weight is 311 g/mol. The molecule has 0 unspecified atom stereocenters. The van der Waals surface area contributed by atoms with Gasteiger partial charge < -0.3 is 9.84 Å². The van der Waals surface area contributed by atoms with Crippen LogP contribution in [-0.2, 0) is 6.61 Å². The molecule has 1 fully saturated rings. The lowest BCUT2D eigenvalue weighted by atomic mass is 9.99. The molecule has 1 heterocycles. The van der Waals surface area contributed by atoms with Crippen molar-refractivity contribution in [1.82, 2.24) is 4.90 Å². The fourth-order valence-corrected chi connectivity index (χ4v) is 3.38. The van der Waals surface area contributed by atoms with Gasteiger partial charge in [-0.25, -0.2) is 0 Å². The zero-order valence-corrected chi connectivity index (χ0v) is 14.0. The van der Waals surface area contributed by atoms with Gasteiger partial charge in [0.05, 0.1) is 13.7 Å². The predicted octanol–water partition coefficient (Wildman–Crippen LogP) is 4.01. The quantitative estimate of drug-likeness (QED) is 0.905. The topological polar surface area (TPSA) is 32.7 Å². The third-order valence-corrected chi connectivity index (χ3v) is 4.87. The Kier molecular flexibility index (Phi) is 4.99.